The number of nitrogens with zero attached hydrogens (tertiary/aromatic N) is 6. The number of aromatic nitrogens is 6. The van der Waals surface area contributed by atoms with E-state index in [0.29, 0.717) is 17.2 Å². The van der Waals surface area contributed by atoms with Crippen molar-refractivity contribution in [1.29, 1.82) is 0 Å². The maximum Gasteiger partial charge on any atom is 0.274 e. The van der Waals surface area contributed by atoms with Crippen LogP contribution in [0.25, 0.3) is 11.4 Å². The lowest BCUT2D eigenvalue weighted by molar-refractivity contribution is 0.102. The topological polar surface area (TPSA) is 90.5 Å². The Bertz CT molecular complexity index is 1120. The second-order valence-corrected chi connectivity index (χ2v) is 6.72. The lowest BCUT2D eigenvalue weighted by Gasteiger charge is -2.12. The zero-order valence-corrected chi connectivity index (χ0v) is 16.1. The van der Waals surface area contributed by atoms with Gasteiger partial charge in [-0.1, -0.05) is 36.0 Å². The molecule has 0 bridgehead atoms. The third-order valence-corrected chi connectivity index (χ3v) is 4.79. The van der Waals surface area contributed by atoms with Crippen LogP contribution in [0.1, 0.15) is 16.3 Å². The van der Waals surface area contributed by atoms with Gasteiger partial charge < -0.3 is 5.32 Å². The summed E-state index contributed by atoms with van der Waals surface area (Å²) in [6, 6.07) is 17.0. The highest BCUT2D eigenvalue weighted by Gasteiger charge is 2.18. The van der Waals surface area contributed by atoms with E-state index in [4.69, 9.17) is 0 Å². The molecule has 0 spiro atoms. The molecule has 0 aliphatic carbocycles. The fourth-order valence-corrected chi connectivity index (χ4v) is 3.39. The molecule has 0 saturated carbocycles. The summed E-state index contributed by atoms with van der Waals surface area (Å²) in [6.07, 6.45) is 3.52. The van der Waals surface area contributed by atoms with Gasteiger partial charge >= 0.3 is 0 Å². The van der Waals surface area contributed by atoms with Crippen LogP contribution >= 0.6 is 11.8 Å². The van der Waals surface area contributed by atoms with Crippen molar-refractivity contribution in [3.63, 3.8) is 0 Å². The lowest BCUT2D eigenvalue weighted by atomic mass is 10.2. The van der Waals surface area contributed by atoms with Crippen LogP contribution in [0.4, 0.5) is 5.69 Å². The predicted octanol–water partition coefficient (Wildman–Crippen LogP) is 3.13. The molecule has 0 fully saturated rings. The van der Waals surface area contributed by atoms with Crippen molar-refractivity contribution in [2.24, 2.45) is 0 Å². The van der Waals surface area contributed by atoms with Gasteiger partial charge in [-0.05, 0) is 53.9 Å². The summed E-state index contributed by atoms with van der Waals surface area (Å²) in [5, 5.41) is 15.2. The predicted molar refractivity (Wildman–Crippen MR) is 107 cm³/mol. The van der Waals surface area contributed by atoms with E-state index in [1.807, 2.05) is 72.3 Å². The molecule has 4 aromatic rings. The van der Waals surface area contributed by atoms with Crippen LogP contribution in [0.5, 0.6) is 0 Å². The van der Waals surface area contributed by atoms with E-state index in [0.717, 1.165) is 16.5 Å². The van der Waals surface area contributed by atoms with E-state index in [1.54, 1.807) is 10.9 Å². The van der Waals surface area contributed by atoms with E-state index >= 15 is 0 Å². The number of thioether (sulfide) groups is 1. The molecule has 0 aliphatic heterocycles. The third kappa shape index (κ3) is 3.39. The summed E-state index contributed by atoms with van der Waals surface area (Å²) in [7, 11) is 0. The molecule has 1 amide bonds. The van der Waals surface area contributed by atoms with Crippen LogP contribution in [-0.4, -0.2) is 41.9 Å². The van der Waals surface area contributed by atoms with E-state index in [2.05, 4.69) is 25.8 Å². The van der Waals surface area contributed by atoms with Gasteiger partial charge in [0.1, 0.15) is 5.69 Å². The number of carbonyl (C=O) groups excluding carboxylic acids is 1. The van der Waals surface area contributed by atoms with Crippen molar-refractivity contribution in [2.75, 3.05) is 11.6 Å². The van der Waals surface area contributed by atoms with E-state index in [9.17, 15) is 4.79 Å². The molecule has 0 saturated heterocycles. The fraction of sp³-hybridized carbons (Fsp3) is 0.105. The van der Waals surface area contributed by atoms with Crippen molar-refractivity contribution in [1.82, 2.24) is 29.8 Å². The Morgan fingerprint density at radius 2 is 1.86 bits per heavy atom. The minimum Gasteiger partial charge on any atom is -0.321 e. The monoisotopic (exact) mass is 391 g/mol. The maximum absolute atomic E-state index is 13.0. The summed E-state index contributed by atoms with van der Waals surface area (Å²) >= 11 is 1.48. The number of imidazole rings is 1. The molecule has 0 unspecified atom stereocenters. The Morgan fingerprint density at radius 1 is 1.07 bits per heavy atom. The number of anilines is 1. The lowest BCUT2D eigenvalue weighted by Crippen LogP contribution is -2.17. The Morgan fingerprint density at radius 3 is 2.57 bits per heavy atom. The van der Waals surface area contributed by atoms with Crippen molar-refractivity contribution in [3.8, 4) is 11.4 Å². The molecule has 9 heteroatoms. The Hall–Kier alpha value is -3.46. The first-order valence-electron chi connectivity index (χ1n) is 8.51. The highest BCUT2D eigenvalue weighted by atomic mass is 32.2. The largest absolute Gasteiger partial charge is 0.321 e. The second-order valence-electron chi connectivity index (χ2n) is 5.94. The molecule has 8 nitrogen and oxygen atoms in total. The quantitative estimate of drug-likeness (QED) is 0.526. The van der Waals surface area contributed by atoms with Crippen molar-refractivity contribution in [3.05, 3.63) is 72.3 Å². The molecule has 140 valence electrons. The van der Waals surface area contributed by atoms with Gasteiger partial charge in [0.05, 0.1) is 11.9 Å². The van der Waals surface area contributed by atoms with Crippen LogP contribution in [0.3, 0.4) is 0 Å². The molecule has 0 atom stereocenters. The number of hydrogen-bond acceptors (Lipinski definition) is 6. The molecule has 2 aromatic heterocycles. The number of hydrogen-bond donors (Lipinski definition) is 1. The zero-order chi connectivity index (χ0) is 19.5. The average Bonchev–Trinajstić information content (AvgIpc) is 3.35. The van der Waals surface area contributed by atoms with Crippen LogP contribution in [0.2, 0.25) is 0 Å². The summed E-state index contributed by atoms with van der Waals surface area (Å²) in [5.74, 6) is 0.414. The van der Waals surface area contributed by atoms with Gasteiger partial charge in [0.2, 0.25) is 0 Å². The highest BCUT2D eigenvalue weighted by molar-refractivity contribution is 7.98. The normalized spacial score (nSPS) is 10.8. The van der Waals surface area contributed by atoms with Gasteiger partial charge in [-0.25, -0.2) is 4.98 Å². The molecule has 1 N–H and O–H groups in total. The van der Waals surface area contributed by atoms with Gasteiger partial charge in [0, 0.05) is 11.4 Å². The molecule has 2 heterocycles. The van der Waals surface area contributed by atoms with E-state index in [1.165, 1.54) is 11.8 Å². The fourth-order valence-electron chi connectivity index (χ4n) is 2.85. The first-order chi connectivity index (χ1) is 13.7. The maximum atomic E-state index is 13.0. The zero-order valence-electron chi connectivity index (χ0n) is 15.3. The van der Waals surface area contributed by atoms with Crippen molar-refractivity contribution < 1.29 is 4.79 Å². The summed E-state index contributed by atoms with van der Waals surface area (Å²) < 4.78 is 3.45. The van der Waals surface area contributed by atoms with Gasteiger partial charge in [-0.3, -0.25) is 9.36 Å². The summed E-state index contributed by atoms with van der Waals surface area (Å²) in [4.78, 5) is 17.4. The number of tetrazole rings is 1. The minimum absolute atomic E-state index is 0.248. The van der Waals surface area contributed by atoms with Gasteiger partial charge in [-0.15, -0.1) is 5.10 Å². The van der Waals surface area contributed by atoms with Crippen molar-refractivity contribution >= 4 is 23.4 Å². The molecule has 0 radical (unpaired) electrons. The highest BCUT2D eigenvalue weighted by Crippen LogP contribution is 2.23. The third-order valence-electron chi connectivity index (χ3n) is 4.13. The number of para-hydroxylation sites is 1. The SMILES string of the molecule is CSc1ncc(C(=O)Nc2cccc(-n3nnnc3C)c2)n1-c1ccccc1. The van der Waals surface area contributed by atoms with Gasteiger partial charge in [0.25, 0.3) is 5.91 Å². The number of aryl methyl sites for hydroxylation is 1. The average molecular weight is 391 g/mol. The summed E-state index contributed by atoms with van der Waals surface area (Å²) in [6.45, 7) is 1.81. The Labute approximate surface area is 165 Å². The van der Waals surface area contributed by atoms with Crippen LogP contribution in [-0.2, 0) is 0 Å². The molecule has 0 aliphatic rings. The van der Waals surface area contributed by atoms with Gasteiger partial charge in [-0.2, -0.15) is 4.68 Å². The van der Waals surface area contributed by atoms with Crippen LogP contribution in [0.15, 0.2) is 66.0 Å². The molecule has 2 aromatic carbocycles. The molecular formula is C19H17N7OS. The van der Waals surface area contributed by atoms with Crippen LogP contribution < -0.4 is 5.32 Å². The molecular weight excluding hydrogens is 374 g/mol. The van der Waals surface area contributed by atoms with E-state index < -0.39 is 0 Å². The number of benzene rings is 2. The molecule has 28 heavy (non-hydrogen) atoms. The second kappa shape index (κ2) is 7.65. The smallest absolute Gasteiger partial charge is 0.274 e. The van der Waals surface area contributed by atoms with E-state index in [-0.39, 0.29) is 5.91 Å². The van der Waals surface area contributed by atoms with Crippen LogP contribution in [0, 0.1) is 6.92 Å². The van der Waals surface area contributed by atoms with Crippen molar-refractivity contribution in [2.45, 2.75) is 12.1 Å². The Balaban J connectivity index is 1.65. The number of amides is 1. The molecule has 4 rings (SSSR count). The number of carbonyl (C=O) groups is 1. The van der Waals surface area contributed by atoms with Gasteiger partial charge in [0.15, 0.2) is 11.0 Å². The number of nitrogens with one attached hydrogen (secondary N) is 1. The summed E-state index contributed by atoms with van der Waals surface area (Å²) in [5.41, 5.74) is 2.75. The standard InChI is InChI=1S/C19H17N7OS/c1-13-22-23-24-26(13)16-10-6-7-14(11-16)21-18(27)17-12-20-19(28-2)25(17)15-8-4-3-5-9-15/h3-12H,1-2H3,(H,21,27). The number of rotatable bonds is 5. The Kier molecular flexibility index (Phi) is 4.90. The first-order valence-corrected chi connectivity index (χ1v) is 9.74. The first kappa shape index (κ1) is 17.9. The minimum atomic E-state index is -0.248.